The molecule has 0 heterocycles. The Balaban J connectivity index is 2.26. The van der Waals surface area contributed by atoms with E-state index in [0.29, 0.717) is 0 Å². The maximum Gasteiger partial charge on any atom is 0.258 e. The fourth-order valence-corrected chi connectivity index (χ4v) is 1.19. The molecular formula is C13H18N2O. The van der Waals surface area contributed by atoms with Crippen molar-refractivity contribution in [1.82, 2.24) is 10.9 Å². The number of hydrazine groups is 1. The number of amides is 1. The molecule has 0 bridgehead atoms. The molecule has 0 radical (unpaired) electrons. The van der Waals surface area contributed by atoms with Crippen LogP contribution in [0.5, 0.6) is 0 Å². The minimum absolute atomic E-state index is 0.125. The molecule has 0 aliphatic rings. The first-order valence-electron chi connectivity index (χ1n) is 5.59. The molecule has 0 saturated carbocycles. The van der Waals surface area contributed by atoms with Gasteiger partial charge in [0.2, 0.25) is 0 Å². The Morgan fingerprint density at radius 3 is 2.75 bits per heavy atom. The summed E-state index contributed by atoms with van der Waals surface area (Å²) in [5, 5.41) is 0. The SMILES string of the molecule is CCCCNNC(=O)/C=C/c1ccccc1. The zero-order valence-electron chi connectivity index (χ0n) is 9.57. The quantitative estimate of drug-likeness (QED) is 0.436. The van der Waals surface area contributed by atoms with Crippen LogP contribution in [0.4, 0.5) is 0 Å². The summed E-state index contributed by atoms with van der Waals surface area (Å²) in [6.45, 7) is 2.92. The first-order valence-corrected chi connectivity index (χ1v) is 5.59. The number of benzene rings is 1. The summed E-state index contributed by atoms with van der Waals surface area (Å²) < 4.78 is 0. The molecule has 0 spiro atoms. The molecule has 3 heteroatoms. The molecule has 16 heavy (non-hydrogen) atoms. The predicted molar refractivity (Wildman–Crippen MR) is 66.5 cm³/mol. The highest BCUT2D eigenvalue weighted by Crippen LogP contribution is 2.00. The molecule has 0 fully saturated rings. The minimum Gasteiger partial charge on any atom is -0.288 e. The van der Waals surface area contributed by atoms with Gasteiger partial charge in [-0.2, -0.15) is 0 Å². The molecule has 0 aromatic heterocycles. The zero-order chi connectivity index (χ0) is 11.6. The van der Waals surface area contributed by atoms with E-state index >= 15 is 0 Å². The lowest BCUT2D eigenvalue weighted by Gasteiger charge is -2.02. The first-order chi connectivity index (χ1) is 7.83. The molecule has 0 atom stereocenters. The van der Waals surface area contributed by atoms with E-state index in [9.17, 15) is 4.79 Å². The average Bonchev–Trinajstić information content (AvgIpc) is 2.33. The Bertz CT molecular complexity index is 333. The monoisotopic (exact) mass is 218 g/mol. The topological polar surface area (TPSA) is 41.1 Å². The fraction of sp³-hybridized carbons (Fsp3) is 0.308. The smallest absolute Gasteiger partial charge is 0.258 e. The van der Waals surface area contributed by atoms with Crippen LogP contribution in [0.2, 0.25) is 0 Å². The van der Waals surface area contributed by atoms with Crippen molar-refractivity contribution in [3.05, 3.63) is 42.0 Å². The van der Waals surface area contributed by atoms with Crippen molar-refractivity contribution in [2.24, 2.45) is 0 Å². The van der Waals surface area contributed by atoms with Gasteiger partial charge in [0.15, 0.2) is 0 Å². The highest BCUT2D eigenvalue weighted by molar-refractivity contribution is 5.91. The van der Waals surface area contributed by atoms with Gasteiger partial charge in [0.25, 0.3) is 5.91 Å². The van der Waals surface area contributed by atoms with Crippen LogP contribution in [-0.4, -0.2) is 12.5 Å². The summed E-state index contributed by atoms with van der Waals surface area (Å²) in [7, 11) is 0. The molecule has 1 rings (SSSR count). The molecule has 0 saturated heterocycles. The molecule has 86 valence electrons. The number of unbranched alkanes of at least 4 members (excludes halogenated alkanes) is 1. The number of rotatable bonds is 6. The van der Waals surface area contributed by atoms with Gasteiger partial charge in [0.05, 0.1) is 0 Å². The van der Waals surface area contributed by atoms with Crippen LogP contribution in [0.25, 0.3) is 6.08 Å². The van der Waals surface area contributed by atoms with E-state index in [1.807, 2.05) is 30.3 Å². The molecule has 1 aromatic rings. The Hall–Kier alpha value is -1.61. The fourth-order valence-electron chi connectivity index (χ4n) is 1.19. The Kier molecular flexibility index (Phi) is 5.96. The summed E-state index contributed by atoms with van der Waals surface area (Å²) in [5.41, 5.74) is 6.50. The number of hydrogen-bond donors (Lipinski definition) is 2. The van der Waals surface area contributed by atoms with Crippen molar-refractivity contribution in [1.29, 1.82) is 0 Å². The summed E-state index contributed by atoms with van der Waals surface area (Å²) in [4.78, 5) is 11.3. The molecule has 3 nitrogen and oxygen atoms in total. The summed E-state index contributed by atoms with van der Waals surface area (Å²) >= 11 is 0. The summed E-state index contributed by atoms with van der Waals surface area (Å²) in [6.07, 6.45) is 5.48. The summed E-state index contributed by atoms with van der Waals surface area (Å²) in [6, 6.07) is 9.74. The van der Waals surface area contributed by atoms with E-state index in [2.05, 4.69) is 17.8 Å². The van der Waals surface area contributed by atoms with E-state index in [1.54, 1.807) is 6.08 Å². The largest absolute Gasteiger partial charge is 0.288 e. The van der Waals surface area contributed by atoms with Gasteiger partial charge in [0, 0.05) is 12.6 Å². The Labute approximate surface area is 96.5 Å². The summed E-state index contributed by atoms with van der Waals surface area (Å²) in [5.74, 6) is -0.125. The molecule has 1 aromatic carbocycles. The number of carbonyl (C=O) groups is 1. The maximum atomic E-state index is 11.3. The van der Waals surface area contributed by atoms with Crippen molar-refractivity contribution < 1.29 is 4.79 Å². The molecule has 1 amide bonds. The molecule has 0 unspecified atom stereocenters. The van der Waals surface area contributed by atoms with Crippen LogP contribution in [0, 0.1) is 0 Å². The highest BCUT2D eigenvalue weighted by Gasteiger charge is 1.92. The Morgan fingerprint density at radius 2 is 2.06 bits per heavy atom. The lowest BCUT2D eigenvalue weighted by Crippen LogP contribution is -2.36. The van der Waals surface area contributed by atoms with Crippen molar-refractivity contribution in [3.63, 3.8) is 0 Å². The van der Waals surface area contributed by atoms with Crippen molar-refractivity contribution in [2.75, 3.05) is 6.54 Å². The first kappa shape index (κ1) is 12.5. The van der Waals surface area contributed by atoms with E-state index in [4.69, 9.17) is 0 Å². The minimum atomic E-state index is -0.125. The maximum absolute atomic E-state index is 11.3. The molecule has 2 N–H and O–H groups in total. The molecular weight excluding hydrogens is 200 g/mol. The second-order valence-electron chi connectivity index (χ2n) is 3.51. The molecule has 0 aliphatic carbocycles. The number of nitrogens with one attached hydrogen (secondary N) is 2. The lowest BCUT2D eigenvalue weighted by atomic mass is 10.2. The lowest BCUT2D eigenvalue weighted by molar-refractivity contribution is -0.117. The zero-order valence-corrected chi connectivity index (χ0v) is 9.57. The number of carbonyl (C=O) groups excluding carboxylic acids is 1. The third-order valence-corrected chi connectivity index (χ3v) is 2.09. The van der Waals surface area contributed by atoms with Gasteiger partial charge in [-0.15, -0.1) is 0 Å². The van der Waals surface area contributed by atoms with E-state index in [0.717, 1.165) is 24.9 Å². The average molecular weight is 218 g/mol. The van der Waals surface area contributed by atoms with Crippen LogP contribution >= 0.6 is 0 Å². The standard InChI is InChI=1S/C13H18N2O/c1-2-3-11-14-15-13(16)10-9-12-7-5-4-6-8-12/h4-10,14H,2-3,11H2,1H3,(H,15,16)/b10-9+. The van der Waals surface area contributed by atoms with Gasteiger partial charge in [-0.05, 0) is 18.1 Å². The van der Waals surface area contributed by atoms with Crippen molar-refractivity contribution >= 4 is 12.0 Å². The third kappa shape index (κ3) is 5.32. The van der Waals surface area contributed by atoms with Crippen LogP contribution < -0.4 is 10.9 Å². The van der Waals surface area contributed by atoms with E-state index in [1.165, 1.54) is 6.08 Å². The predicted octanol–water partition coefficient (Wildman–Crippen LogP) is 2.12. The van der Waals surface area contributed by atoms with Crippen molar-refractivity contribution in [2.45, 2.75) is 19.8 Å². The van der Waals surface area contributed by atoms with Crippen LogP contribution in [0.15, 0.2) is 36.4 Å². The van der Waals surface area contributed by atoms with Crippen LogP contribution in [-0.2, 0) is 4.79 Å². The second kappa shape index (κ2) is 7.65. The van der Waals surface area contributed by atoms with E-state index in [-0.39, 0.29) is 5.91 Å². The van der Waals surface area contributed by atoms with Gasteiger partial charge < -0.3 is 0 Å². The van der Waals surface area contributed by atoms with Gasteiger partial charge in [0.1, 0.15) is 0 Å². The van der Waals surface area contributed by atoms with Crippen LogP contribution in [0.3, 0.4) is 0 Å². The van der Waals surface area contributed by atoms with Gasteiger partial charge in [-0.25, -0.2) is 5.43 Å². The highest BCUT2D eigenvalue weighted by atomic mass is 16.2. The Morgan fingerprint density at radius 1 is 1.31 bits per heavy atom. The van der Waals surface area contributed by atoms with Crippen LogP contribution in [0.1, 0.15) is 25.3 Å². The third-order valence-electron chi connectivity index (χ3n) is 2.09. The van der Waals surface area contributed by atoms with Gasteiger partial charge in [-0.1, -0.05) is 43.7 Å². The number of hydrogen-bond acceptors (Lipinski definition) is 2. The second-order valence-corrected chi connectivity index (χ2v) is 3.51. The van der Waals surface area contributed by atoms with Gasteiger partial charge in [-0.3, -0.25) is 10.2 Å². The molecule has 0 aliphatic heterocycles. The van der Waals surface area contributed by atoms with Gasteiger partial charge >= 0.3 is 0 Å². The normalized spacial score (nSPS) is 10.6. The van der Waals surface area contributed by atoms with Crippen molar-refractivity contribution in [3.8, 4) is 0 Å². The van der Waals surface area contributed by atoms with E-state index < -0.39 is 0 Å².